The summed E-state index contributed by atoms with van der Waals surface area (Å²) in [7, 11) is 0. The van der Waals surface area contributed by atoms with Gasteiger partial charge in [-0.15, -0.1) is 0 Å². The Morgan fingerprint density at radius 2 is 2.47 bits per heavy atom. The van der Waals surface area contributed by atoms with Gasteiger partial charge in [0.2, 0.25) is 0 Å². The molecule has 0 spiro atoms. The van der Waals surface area contributed by atoms with E-state index in [2.05, 4.69) is 15.3 Å². The van der Waals surface area contributed by atoms with Crippen LogP contribution < -0.4 is 5.32 Å². The van der Waals surface area contributed by atoms with Crippen molar-refractivity contribution in [1.29, 1.82) is 0 Å². The van der Waals surface area contributed by atoms with Crippen molar-refractivity contribution in [2.45, 2.75) is 32.2 Å². The van der Waals surface area contributed by atoms with Gasteiger partial charge < -0.3 is 14.7 Å². The van der Waals surface area contributed by atoms with Crippen LogP contribution >= 0.6 is 0 Å². The lowest BCUT2D eigenvalue weighted by Gasteiger charge is -2.06. The molecule has 4 nitrogen and oxygen atoms in total. The van der Waals surface area contributed by atoms with Crippen molar-refractivity contribution < 1.29 is 4.42 Å². The molecule has 2 aromatic rings. The molecule has 17 heavy (non-hydrogen) atoms. The zero-order chi connectivity index (χ0) is 11.7. The average molecular weight is 231 g/mol. The van der Waals surface area contributed by atoms with Crippen LogP contribution in [0.4, 0.5) is 0 Å². The molecule has 0 aliphatic carbocycles. The zero-order valence-corrected chi connectivity index (χ0v) is 9.99. The third kappa shape index (κ3) is 2.13. The van der Waals surface area contributed by atoms with Gasteiger partial charge in [0.15, 0.2) is 5.76 Å². The molecule has 1 aliphatic rings. The van der Waals surface area contributed by atoms with Gasteiger partial charge in [-0.2, -0.15) is 0 Å². The summed E-state index contributed by atoms with van der Waals surface area (Å²) in [4.78, 5) is 7.98. The number of imidazole rings is 1. The molecule has 0 aromatic carbocycles. The second-order valence-corrected chi connectivity index (χ2v) is 4.63. The first-order chi connectivity index (χ1) is 8.33. The minimum atomic E-state index is 0.574. The number of aromatic nitrogens is 2. The minimum absolute atomic E-state index is 0.574. The summed E-state index contributed by atoms with van der Waals surface area (Å²) in [5, 5.41) is 3.49. The summed E-state index contributed by atoms with van der Waals surface area (Å²) in [5.41, 5.74) is 2.01. The van der Waals surface area contributed by atoms with Crippen molar-refractivity contribution in [2.75, 3.05) is 6.54 Å². The van der Waals surface area contributed by atoms with Crippen LogP contribution in [0.2, 0.25) is 0 Å². The van der Waals surface area contributed by atoms with E-state index < -0.39 is 0 Å². The number of hydrogen-bond acceptors (Lipinski definition) is 3. The molecular formula is C13H17N3O. The maximum absolute atomic E-state index is 5.39. The zero-order valence-electron chi connectivity index (χ0n) is 9.99. The van der Waals surface area contributed by atoms with Crippen LogP contribution in [0.5, 0.6) is 0 Å². The smallest absolute Gasteiger partial charge is 0.154 e. The molecule has 1 saturated heterocycles. The van der Waals surface area contributed by atoms with Gasteiger partial charge in [0.25, 0.3) is 0 Å². The van der Waals surface area contributed by atoms with E-state index in [1.54, 1.807) is 6.26 Å². The van der Waals surface area contributed by atoms with Crippen molar-refractivity contribution in [3.8, 4) is 11.5 Å². The van der Waals surface area contributed by atoms with E-state index in [9.17, 15) is 0 Å². The van der Waals surface area contributed by atoms with Crippen LogP contribution in [0.1, 0.15) is 24.4 Å². The third-order valence-electron chi connectivity index (χ3n) is 3.29. The van der Waals surface area contributed by atoms with Gasteiger partial charge in [-0.3, -0.25) is 0 Å². The average Bonchev–Trinajstić information content (AvgIpc) is 3.00. The number of aromatic amines is 1. The van der Waals surface area contributed by atoms with E-state index >= 15 is 0 Å². The maximum atomic E-state index is 5.39. The first-order valence-corrected chi connectivity index (χ1v) is 6.15. The first kappa shape index (κ1) is 10.6. The third-order valence-corrected chi connectivity index (χ3v) is 3.29. The van der Waals surface area contributed by atoms with Gasteiger partial charge in [-0.05, 0) is 38.4 Å². The van der Waals surface area contributed by atoms with Crippen molar-refractivity contribution >= 4 is 0 Å². The number of rotatable bonds is 3. The highest BCUT2D eigenvalue weighted by molar-refractivity contribution is 5.55. The van der Waals surface area contributed by atoms with Crippen LogP contribution in [0.3, 0.4) is 0 Å². The van der Waals surface area contributed by atoms with Crippen LogP contribution in [-0.2, 0) is 6.42 Å². The van der Waals surface area contributed by atoms with E-state index in [4.69, 9.17) is 4.42 Å². The van der Waals surface area contributed by atoms with E-state index in [-0.39, 0.29) is 0 Å². The number of aryl methyl sites for hydroxylation is 1. The molecule has 0 saturated carbocycles. The quantitative estimate of drug-likeness (QED) is 0.852. The van der Waals surface area contributed by atoms with Gasteiger partial charge in [0.05, 0.1) is 6.26 Å². The Labute approximate surface area is 100 Å². The molecule has 90 valence electrons. The lowest BCUT2D eigenvalue weighted by atomic mass is 10.1. The highest BCUT2D eigenvalue weighted by Crippen LogP contribution is 2.22. The molecular weight excluding hydrogens is 214 g/mol. The lowest BCUT2D eigenvalue weighted by Crippen LogP contribution is -2.24. The van der Waals surface area contributed by atoms with Crippen LogP contribution in [0, 0.1) is 6.92 Å². The summed E-state index contributed by atoms with van der Waals surface area (Å²) in [5.74, 6) is 1.89. The Morgan fingerprint density at radius 3 is 3.18 bits per heavy atom. The molecule has 2 N–H and O–H groups in total. The molecule has 1 aliphatic heterocycles. The summed E-state index contributed by atoms with van der Waals surface area (Å²) in [6.45, 7) is 3.17. The summed E-state index contributed by atoms with van der Waals surface area (Å²) < 4.78 is 5.39. The first-order valence-electron chi connectivity index (χ1n) is 6.15. The van der Waals surface area contributed by atoms with Crippen molar-refractivity contribution in [3.63, 3.8) is 0 Å². The molecule has 3 heterocycles. The summed E-state index contributed by atoms with van der Waals surface area (Å²) >= 11 is 0. The van der Waals surface area contributed by atoms with Crippen LogP contribution in [-0.4, -0.2) is 22.6 Å². The van der Waals surface area contributed by atoms with Crippen LogP contribution in [0.25, 0.3) is 11.5 Å². The molecule has 3 rings (SSSR count). The lowest BCUT2D eigenvalue weighted by molar-refractivity contribution is 0.577. The number of H-pyrrole nitrogens is 1. The number of nitrogens with one attached hydrogen (secondary N) is 2. The fourth-order valence-corrected chi connectivity index (χ4v) is 2.44. The van der Waals surface area contributed by atoms with Crippen molar-refractivity contribution in [2.24, 2.45) is 0 Å². The molecule has 0 radical (unpaired) electrons. The Hall–Kier alpha value is -1.55. The van der Waals surface area contributed by atoms with Crippen LogP contribution in [0.15, 0.2) is 22.8 Å². The molecule has 0 amide bonds. The highest BCUT2D eigenvalue weighted by Gasteiger charge is 2.18. The van der Waals surface area contributed by atoms with E-state index in [1.807, 2.05) is 19.1 Å². The number of nitrogens with zero attached hydrogens (tertiary/aromatic N) is 1. The summed E-state index contributed by atoms with van der Waals surface area (Å²) in [6.07, 6.45) is 5.18. The van der Waals surface area contributed by atoms with E-state index in [0.717, 1.165) is 35.9 Å². The molecule has 4 heteroatoms. The Kier molecular flexibility index (Phi) is 2.73. The van der Waals surface area contributed by atoms with Gasteiger partial charge in [0.1, 0.15) is 11.5 Å². The fourth-order valence-electron chi connectivity index (χ4n) is 2.44. The van der Waals surface area contributed by atoms with Gasteiger partial charge in [-0.25, -0.2) is 4.98 Å². The largest absolute Gasteiger partial charge is 0.463 e. The van der Waals surface area contributed by atoms with Gasteiger partial charge in [0, 0.05) is 18.2 Å². The standard InChI is InChI=1S/C13H17N3O/c1-9-13(11-5-3-7-17-11)16-12(15-9)8-10-4-2-6-14-10/h3,5,7,10,14H,2,4,6,8H2,1H3,(H,15,16). The number of hydrogen-bond donors (Lipinski definition) is 2. The van der Waals surface area contributed by atoms with E-state index in [0.29, 0.717) is 6.04 Å². The molecule has 0 bridgehead atoms. The van der Waals surface area contributed by atoms with Gasteiger partial charge >= 0.3 is 0 Å². The highest BCUT2D eigenvalue weighted by atomic mass is 16.3. The normalized spacial score (nSPS) is 19.9. The minimum Gasteiger partial charge on any atom is -0.463 e. The van der Waals surface area contributed by atoms with Gasteiger partial charge in [-0.1, -0.05) is 0 Å². The SMILES string of the molecule is Cc1[nH]c(CC2CCCN2)nc1-c1ccco1. The van der Waals surface area contributed by atoms with Crippen molar-refractivity contribution in [3.05, 3.63) is 29.9 Å². The molecule has 1 fully saturated rings. The number of furan rings is 1. The topological polar surface area (TPSA) is 53.9 Å². The fraction of sp³-hybridized carbons (Fsp3) is 0.462. The predicted octanol–water partition coefficient (Wildman–Crippen LogP) is 2.27. The molecule has 1 unspecified atom stereocenters. The molecule has 1 atom stereocenters. The van der Waals surface area contributed by atoms with Crippen molar-refractivity contribution in [1.82, 2.24) is 15.3 Å². The maximum Gasteiger partial charge on any atom is 0.154 e. The Morgan fingerprint density at radius 1 is 1.53 bits per heavy atom. The summed E-state index contributed by atoms with van der Waals surface area (Å²) in [6, 6.07) is 4.41. The Bertz CT molecular complexity index is 481. The van der Waals surface area contributed by atoms with E-state index in [1.165, 1.54) is 12.8 Å². The predicted molar refractivity (Wildman–Crippen MR) is 65.8 cm³/mol. The Balaban J connectivity index is 1.80. The second kappa shape index (κ2) is 4.37. The molecule has 2 aromatic heterocycles. The second-order valence-electron chi connectivity index (χ2n) is 4.63. The monoisotopic (exact) mass is 231 g/mol.